The van der Waals surface area contributed by atoms with Gasteiger partial charge in [0.15, 0.2) is 5.78 Å². The van der Waals surface area contributed by atoms with E-state index in [2.05, 4.69) is 34.1 Å². The van der Waals surface area contributed by atoms with Crippen LogP contribution in [0.1, 0.15) is 10.4 Å². The molecule has 0 spiro atoms. The molecular formula is C18H21ClN2O. The summed E-state index contributed by atoms with van der Waals surface area (Å²) in [6.07, 6.45) is 0. The summed E-state index contributed by atoms with van der Waals surface area (Å²) in [4.78, 5) is 16.8. The highest BCUT2D eigenvalue weighted by Gasteiger charge is 2.19. The minimum absolute atomic E-state index is 0. The molecule has 4 heteroatoms. The third kappa shape index (κ3) is 4.09. The van der Waals surface area contributed by atoms with Crippen LogP contribution in [0.15, 0.2) is 60.7 Å². The average Bonchev–Trinajstić information content (AvgIpc) is 2.57. The van der Waals surface area contributed by atoms with Crippen LogP contribution in [0.3, 0.4) is 0 Å². The molecule has 0 saturated carbocycles. The van der Waals surface area contributed by atoms with Gasteiger partial charge < -0.3 is 4.90 Å². The van der Waals surface area contributed by atoms with Gasteiger partial charge in [0.1, 0.15) is 0 Å². The molecule has 0 atom stereocenters. The van der Waals surface area contributed by atoms with E-state index in [1.54, 1.807) is 0 Å². The van der Waals surface area contributed by atoms with Crippen molar-refractivity contribution in [1.82, 2.24) is 4.90 Å². The van der Waals surface area contributed by atoms with Crippen LogP contribution >= 0.6 is 12.4 Å². The van der Waals surface area contributed by atoms with Gasteiger partial charge in [-0.3, -0.25) is 9.69 Å². The number of piperazine rings is 1. The van der Waals surface area contributed by atoms with Crippen molar-refractivity contribution in [2.75, 3.05) is 37.6 Å². The van der Waals surface area contributed by atoms with E-state index in [-0.39, 0.29) is 18.2 Å². The fraction of sp³-hybridized carbons (Fsp3) is 0.278. The third-order valence-electron chi connectivity index (χ3n) is 3.96. The lowest BCUT2D eigenvalue weighted by atomic mass is 10.1. The molecule has 0 bridgehead atoms. The second-order valence-corrected chi connectivity index (χ2v) is 5.39. The van der Waals surface area contributed by atoms with E-state index in [1.165, 1.54) is 5.69 Å². The summed E-state index contributed by atoms with van der Waals surface area (Å²) >= 11 is 0. The molecule has 3 nitrogen and oxygen atoms in total. The maximum Gasteiger partial charge on any atom is 0.176 e. The Morgan fingerprint density at radius 3 is 1.95 bits per heavy atom. The standard InChI is InChI=1S/C18H20N2O.ClH/c21-18(16-7-3-1-4-8-16)15-19-11-13-20(14-12-19)17-9-5-2-6-10-17;/h1-10H,11-15H2;1H. The van der Waals surface area contributed by atoms with E-state index in [0.29, 0.717) is 6.54 Å². The Hall–Kier alpha value is -1.84. The Balaban J connectivity index is 0.00000176. The van der Waals surface area contributed by atoms with Gasteiger partial charge in [-0.25, -0.2) is 0 Å². The first-order valence-electron chi connectivity index (χ1n) is 7.43. The lowest BCUT2D eigenvalue weighted by molar-refractivity contribution is 0.0926. The zero-order chi connectivity index (χ0) is 14.5. The van der Waals surface area contributed by atoms with Crippen molar-refractivity contribution in [2.45, 2.75) is 0 Å². The van der Waals surface area contributed by atoms with Crippen molar-refractivity contribution in [1.29, 1.82) is 0 Å². The number of carbonyl (C=O) groups excluding carboxylic acids is 1. The fourth-order valence-corrected chi connectivity index (χ4v) is 2.72. The minimum atomic E-state index is 0. The Kier molecular flexibility index (Phi) is 5.99. The van der Waals surface area contributed by atoms with Crippen LogP contribution in [0.2, 0.25) is 0 Å². The van der Waals surface area contributed by atoms with Gasteiger partial charge in [0, 0.05) is 37.4 Å². The molecule has 3 rings (SSSR count). The van der Waals surface area contributed by atoms with Crippen LogP contribution in [0.25, 0.3) is 0 Å². The average molecular weight is 317 g/mol. The second kappa shape index (κ2) is 7.97. The number of rotatable bonds is 4. The predicted molar refractivity (Wildman–Crippen MR) is 93.1 cm³/mol. The highest BCUT2D eigenvalue weighted by molar-refractivity contribution is 5.97. The zero-order valence-electron chi connectivity index (χ0n) is 12.5. The molecule has 0 aliphatic carbocycles. The van der Waals surface area contributed by atoms with Crippen molar-refractivity contribution in [3.8, 4) is 0 Å². The Morgan fingerprint density at radius 1 is 0.818 bits per heavy atom. The third-order valence-corrected chi connectivity index (χ3v) is 3.96. The summed E-state index contributed by atoms with van der Waals surface area (Å²) in [7, 11) is 0. The Bertz CT molecular complexity index is 581. The van der Waals surface area contributed by atoms with Gasteiger partial charge >= 0.3 is 0 Å². The first-order valence-corrected chi connectivity index (χ1v) is 7.43. The van der Waals surface area contributed by atoms with Crippen LogP contribution in [0, 0.1) is 0 Å². The summed E-state index contributed by atoms with van der Waals surface area (Å²) in [6.45, 7) is 4.35. The van der Waals surface area contributed by atoms with Crippen LogP contribution in [0.5, 0.6) is 0 Å². The SMILES string of the molecule is Cl.O=C(CN1CCN(c2ccccc2)CC1)c1ccccc1. The molecule has 0 radical (unpaired) electrons. The largest absolute Gasteiger partial charge is 0.369 e. The number of benzene rings is 2. The van der Waals surface area contributed by atoms with Crippen molar-refractivity contribution in [3.63, 3.8) is 0 Å². The molecule has 116 valence electrons. The summed E-state index contributed by atoms with van der Waals surface area (Å²) < 4.78 is 0. The lowest BCUT2D eigenvalue weighted by Crippen LogP contribution is -2.48. The molecular weight excluding hydrogens is 296 g/mol. The van der Waals surface area contributed by atoms with Crippen LogP contribution in [0.4, 0.5) is 5.69 Å². The van der Waals surface area contributed by atoms with Gasteiger partial charge in [-0.1, -0.05) is 48.5 Å². The minimum Gasteiger partial charge on any atom is -0.369 e. The molecule has 1 aliphatic rings. The monoisotopic (exact) mass is 316 g/mol. The quantitative estimate of drug-likeness (QED) is 0.810. The molecule has 2 aromatic rings. The van der Waals surface area contributed by atoms with Gasteiger partial charge in [-0.05, 0) is 12.1 Å². The maximum atomic E-state index is 12.2. The maximum absolute atomic E-state index is 12.2. The first-order chi connectivity index (χ1) is 10.3. The number of hydrogen-bond donors (Lipinski definition) is 0. The molecule has 22 heavy (non-hydrogen) atoms. The molecule has 1 saturated heterocycles. The molecule has 1 aliphatic heterocycles. The van der Waals surface area contributed by atoms with E-state index in [1.807, 2.05) is 36.4 Å². The number of nitrogens with zero attached hydrogens (tertiary/aromatic N) is 2. The van der Waals surface area contributed by atoms with Crippen molar-refractivity contribution >= 4 is 23.9 Å². The molecule has 0 N–H and O–H groups in total. The Labute approximate surface area is 138 Å². The summed E-state index contributed by atoms with van der Waals surface area (Å²) in [6, 6.07) is 20.0. The van der Waals surface area contributed by atoms with E-state index in [0.717, 1.165) is 31.7 Å². The van der Waals surface area contributed by atoms with Gasteiger partial charge in [0.2, 0.25) is 0 Å². The van der Waals surface area contributed by atoms with Crippen molar-refractivity contribution < 1.29 is 4.79 Å². The van der Waals surface area contributed by atoms with Gasteiger partial charge in [-0.15, -0.1) is 12.4 Å². The van der Waals surface area contributed by atoms with Crippen molar-refractivity contribution in [3.05, 3.63) is 66.2 Å². The zero-order valence-corrected chi connectivity index (χ0v) is 13.3. The number of hydrogen-bond acceptors (Lipinski definition) is 3. The molecule has 0 aromatic heterocycles. The summed E-state index contributed by atoms with van der Waals surface area (Å²) in [5.41, 5.74) is 2.08. The fourth-order valence-electron chi connectivity index (χ4n) is 2.72. The van der Waals surface area contributed by atoms with Crippen molar-refractivity contribution in [2.24, 2.45) is 0 Å². The molecule has 1 heterocycles. The molecule has 2 aromatic carbocycles. The number of ketones is 1. The van der Waals surface area contributed by atoms with Gasteiger partial charge in [-0.2, -0.15) is 0 Å². The smallest absolute Gasteiger partial charge is 0.176 e. The summed E-state index contributed by atoms with van der Waals surface area (Å²) in [5, 5.41) is 0. The van der Waals surface area contributed by atoms with E-state index in [9.17, 15) is 4.79 Å². The van der Waals surface area contributed by atoms with Gasteiger partial charge in [0.25, 0.3) is 0 Å². The number of para-hydroxylation sites is 1. The topological polar surface area (TPSA) is 23.6 Å². The number of Topliss-reactive ketones (excluding diaryl/α,β-unsaturated/α-hetero) is 1. The lowest BCUT2D eigenvalue weighted by Gasteiger charge is -2.35. The van der Waals surface area contributed by atoms with E-state index >= 15 is 0 Å². The molecule has 1 fully saturated rings. The second-order valence-electron chi connectivity index (χ2n) is 5.39. The van der Waals surface area contributed by atoms with E-state index in [4.69, 9.17) is 0 Å². The van der Waals surface area contributed by atoms with Crippen LogP contribution < -0.4 is 4.90 Å². The van der Waals surface area contributed by atoms with Crippen LogP contribution in [-0.2, 0) is 0 Å². The summed E-state index contributed by atoms with van der Waals surface area (Å²) in [5.74, 6) is 0.212. The first kappa shape index (κ1) is 16.5. The molecule has 0 unspecified atom stereocenters. The predicted octanol–water partition coefficient (Wildman–Crippen LogP) is 3.11. The number of carbonyl (C=O) groups is 1. The van der Waals surface area contributed by atoms with Gasteiger partial charge in [0.05, 0.1) is 6.54 Å². The number of anilines is 1. The van der Waals surface area contributed by atoms with Crippen LogP contribution in [-0.4, -0.2) is 43.4 Å². The van der Waals surface area contributed by atoms with E-state index < -0.39 is 0 Å². The normalized spacial score (nSPS) is 15.2. The molecule has 0 amide bonds. The number of halogens is 1. The Morgan fingerprint density at radius 2 is 1.36 bits per heavy atom. The highest BCUT2D eigenvalue weighted by Crippen LogP contribution is 2.15. The highest BCUT2D eigenvalue weighted by atomic mass is 35.5.